The van der Waals surface area contributed by atoms with Crippen molar-refractivity contribution in [2.45, 2.75) is 40.2 Å². The number of hydrogen-bond donors (Lipinski definition) is 2. The maximum atomic E-state index is 4.62. The molecule has 1 aromatic heterocycles. The molecule has 0 bridgehead atoms. The van der Waals surface area contributed by atoms with E-state index in [0.717, 1.165) is 29.4 Å². The second kappa shape index (κ2) is 6.57. The lowest BCUT2D eigenvalue weighted by molar-refractivity contribution is 0.851. The molecule has 0 radical (unpaired) electrons. The largest absolute Gasteiger partial charge is 0.373 e. The lowest BCUT2D eigenvalue weighted by Crippen LogP contribution is -2.12. The molecule has 0 amide bonds. The predicted molar refractivity (Wildman–Crippen MR) is 88.9 cm³/mol. The lowest BCUT2D eigenvalue weighted by atomic mass is 10.1. The van der Waals surface area contributed by atoms with Crippen molar-refractivity contribution in [3.8, 4) is 0 Å². The number of nitrogens with one attached hydrogen (secondary N) is 2. The Hall–Kier alpha value is -2.10. The topological polar surface area (TPSA) is 49.8 Å². The van der Waals surface area contributed by atoms with Crippen molar-refractivity contribution in [3.05, 3.63) is 46.8 Å². The molecule has 0 aliphatic carbocycles. The van der Waals surface area contributed by atoms with Crippen LogP contribution >= 0.6 is 0 Å². The Labute approximate surface area is 127 Å². The molecule has 0 aliphatic rings. The normalized spacial score (nSPS) is 12.0. The van der Waals surface area contributed by atoms with Crippen LogP contribution in [-0.2, 0) is 6.42 Å². The zero-order chi connectivity index (χ0) is 15.4. The number of benzene rings is 1. The molecule has 0 aliphatic heterocycles. The first-order valence-electron chi connectivity index (χ1n) is 7.43. The fourth-order valence-electron chi connectivity index (χ4n) is 2.25. The van der Waals surface area contributed by atoms with Crippen LogP contribution < -0.4 is 10.6 Å². The van der Waals surface area contributed by atoms with Gasteiger partial charge in [0, 0.05) is 25.1 Å². The van der Waals surface area contributed by atoms with Gasteiger partial charge in [0.2, 0.25) is 0 Å². The van der Waals surface area contributed by atoms with Crippen LogP contribution in [0.4, 0.5) is 11.6 Å². The van der Waals surface area contributed by atoms with Gasteiger partial charge in [0.15, 0.2) is 0 Å². The van der Waals surface area contributed by atoms with Crippen molar-refractivity contribution < 1.29 is 0 Å². The van der Waals surface area contributed by atoms with Crippen LogP contribution in [0.5, 0.6) is 0 Å². The minimum atomic E-state index is 0.202. The molecule has 0 saturated carbocycles. The Kier molecular flexibility index (Phi) is 4.78. The number of hydrogen-bond acceptors (Lipinski definition) is 4. The highest BCUT2D eigenvalue weighted by molar-refractivity contribution is 5.57. The van der Waals surface area contributed by atoms with E-state index in [1.165, 1.54) is 11.1 Å². The second-order valence-electron chi connectivity index (χ2n) is 5.34. The van der Waals surface area contributed by atoms with E-state index >= 15 is 0 Å². The molecule has 112 valence electrons. The van der Waals surface area contributed by atoms with Gasteiger partial charge in [-0.25, -0.2) is 9.97 Å². The monoisotopic (exact) mass is 284 g/mol. The summed E-state index contributed by atoms with van der Waals surface area (Å²) in [5, 5.41) is 6.64. The third-order valence-corrected chi connectivity index (χ3v) is 3.68. The first-order valence-corrected chi connectivity index (χ1v) is 7.43. The number of anilines is 2. The summed E-state index contributed by atoms with van der Waals surface area (Å²) in [7, 11) is 1.89. The van der Waals surface area contributed by atoms with Crippen molar-refractivity contribution >= 4 is 11.6 Å². The van der Waals surface area contributed by atoms with Crippen molar-refractivity contribution in [2.24, 2.45) is 0 Å². The second-order valence-corrected chi connectivity index (χ2v) is 5.34. The summed E-state index contributed by atoms with van der Waals surface area (Å²) in [5.41, 5.74) is 3.58. The highest BCUT2D eigenvalue weighted by Gasteiger charge is 2.12. The first-order chi connectivity index (χ1) is 10.0. The van der Waals surface area contributed by atoms with Gasteiger partial charge in [-0.05, 0) is 26.3 Å². The number of aromatic nitrogens is 2. The molecule has 1 unspecified atom stereocenters. The van der Waals surface area contributed by atoms with Crippen LogP contribution in [0, 0.1) is 13.8 Å². The van der Waals surface area contributed by atoms with Crippen molar-refractivity contribution in [1.82, 2.24) is 9.97 Å². The molecule has 4 heteroatoms. The van der Waals surface area contributed by atoms with Gasteiger partial charge in [0.05, 0.1) is 0 Å². The Bertz CT molecular complexity index is 605. The van der Waals surface area contributed by atoms with Gasteiger partial charge in [0.1, 0.15) is 17.5 Å². The van der Waals surface area contributed by atoms with Crippen LogP contribution in [0.2, 0.25) is 0 Å². The van der Waals surface area contributed by atoms with E-state index < -0.39 is 0 Å². The molecule has 21 heavy (non-hydrogen) atoms. The van der Waals surface area contributed by atoms with Crippen LogP contribution in [0.3, 0.4) is 0 Å². The van der Waals surface area contributed by atoms with Gasteiger partial charge in [-0.1, -0.05) is 36.8 Å². The third-order valence-electron chi connectivity index (χ3n) is 3.68. The standard InChI is InChI=1S/C17H24N4/c1-6-15-20-16(18-5)12(3)17(21-15)19-13(4)14-9-7-11(2)8-10-14/h7-10,13H,6H2,1-5H3,(H2,18,19,20,21). The predicted octanol–water partition coefficient (Wildman–Crippen LogP) is 3.87. The fraction of sp³-hybridized carbons (Fsp3) is 0.412. The van der Waals surface area contributed by atoms with Crippen LogP contribution in [0.15, 0.2) is 24.3 Å². The first kappa shape index (κ1) is 15.3. The van der Waals surface area contributed by atoms with E-state index in [1.54, 1.807) is 0 Å². The summed E-state index contributed by atoms with van der Waals surface area (Å²) < 4.78 is 0. The van der Waals surface area contributed by atoms with Gasteiger partial charge >= 0.3 is 0 Å². The van der Waals surface area contributed by atoms with Gasteiger partial charge in [-0.15, -0.1) is 0 Å². The van der Waals surface area contributed by atoms with E-state index in [1.807, 2.05) is 14.0 Å². The van der Waals surface area contributed by atoms with E-state index in [-0.39, 0.29) is 6.04 Å². The molecular weight excluding hydrogens is 260 g/mol. The zero-order valence-corrected chi connectivity index (χ0v) is 13.5. The third kappa shape index (κ3) is 3.51. The molecule has 2 N–H and O–H groups in total. The number of rotatable bonds is 5. The van der Waals surface area contributed by atoms with E-state index in [0.29, 0.717) is 0 Å². The van der Waals surface area contributed by atoms with E-state index in [4.69, 9.17) is 0 Å². The maximum Gasteiger partial charge on any atom is 0.135 e. The zero-order valence-electron chi connectivity index (χ0n) is 13.5. The molecular formula is C17H24N4. The quantitative estimate of drug-likeness (QED) is 0.875. The van der Waals surface area contributed by atoms with Gasteiger partial charge in [-0.2, -0.15) is 0 Å². The van der Waals surface area contributed by atoms with Crippen molar-refractivity contribution in [2.75, 3.05) is 17.7 Å². The summed E-state index contributed by atoms with van der Waals surface area (Å²) in [6.45, 7) is 8.35. The minimum Gasteiger partial charge on any atom is -0.373 e. The summed E-state index contributed by atoms with van der Waals surface area (Å²) in [5.74, 6) is 2.64. The smallest absolute Gasteiger partial charge is 0.135 e. The summed E-state index contributed by atoms with van der Waals surface area (Å²) in [4.78, 5) is 9.12. The molecule has 0 fully saturated rings. The molecule has 1 heterocycles. The van der Waals surface area contributed by atoms with E-state index in [2.05, 4.69) is 65.6 Å². The van der Waals surface area contributed by atoms with Crippen LogP contribution in [0.25, 0.3) is 0 Å². The molecule has 2 aromatic rings. The van der Waals surface area contributed by atoms with Crippen molar-refractivity contribution in [3.63, 3.8) is 0 Å². The average molecular weight is 284 g/mol. The Morgan fingerprint density at radius 3 is 2.24 bits per heavy atom. The summed E-state index contributed by atoms with van der Waals surface area (Å²) in [6, 6.07) is 8.79. The molecule has 1 aromatic carbocycles. The maximum absolute atomic E-state index is 4.62. The molecule has 2 rings (SSSR count). The Balaban J connectivity index is 2.27. The minimum absolute atomic E-state index is 0.202. The lowest BCUT2D eigenvalue weighted by Gasteiger charge is -2.18. The summed E-state index contributed by atoms with van der Waals surface area (Å²) in [6.07, 6.45) is 0.822. The average Bonchev–Trinajstić information content (AvgIpc) is 2.49. The van der Waals surface area contributed by atoms with Crippen LogP contribution in [0.1, 0.15) is 42.4 Å². The highest BCUT2D eigenvalue weighted by Crippen LogP contribution is 2.24. The van der Waals surface area contributed by atoms with Gasteiger partial charge in [0.25, 0.3) is 0 Å². The summed E-state index contributed by atoms with van der Waals surface area (Å²) >= 11 is 0. The molecule has 1 atom stereocenters. The van der Waals surface area contributed by atoms with Crippen molar-refractivity contribution in [1.29, 1.82) is 0 Å². The highest BCUT2D eigenvalue weighted by atomic mass is 15.1. The van der Waals surface area contributed by atoms with Crippen LogP contribution in [-0.4, -0.2) is 17.0 Å². The molecule has 0 spiro atoms. The molecule has 0 saturated heterocycles. The Morgan fingerprint density at radius 2 is 1.67 bits per heavy atom. The SMILES string of the molecule is CCc1nc(NC)c(C)c(NC(C)c2ccc(C)cc2)n1. The van der Waals surface area contributed by atoms with Gasteiger partial charge in [-0.3, -0.25) is 0 Å². The molecule has 4 nitrogen and oxygen atoms in total. The number of nitrogens with zero attached hydrogens (tertiary/aromatic N) is 2. The van der Waals surface area contributed by atoms with Gasteiger partial charge < -0.3 is 10.6 Å². The fourth-order valence-corrected chi connectivity index (χ4v) is 2.25. The Morgan fingerprint density at radius 1 is 1.05 bits per heavy atom. The van der Waals surface area contributed by atoms with E-state index in [9.17, 15) is 0 Å². The number of aryl methyl sites for hydroxylation is 2.